The first-order valence-corrected chi connectivity index (χ1v) is 7.52. The Labute approximate surface area is 140 Å². The minimum Gasteiger partial charge on any atom is -0.486 e. The van der Waals surface area contributed by atoms with E-state index < -0.39 is 11.9 Å². The molecule has 1 amide bonds. The zero-order valence-corrected chi connectivity index (χ0v) is 13.5. The van der Waals surface area contributed by atoms with Crippen LogP contribution in [0.25, 0.3) is 0 Å². The largest absolute Gasteiger partial charge is 0.486 e. The van der Waals surface area contributed by atoms with E-state index >= 15 is 0 Å². The number of carbonyl (C=O) groups is 2. The van der Waals surface area contributed by atoms with Gasteiger partial charge in [0.2, 0.25) is 5.91 Å². The zero-order chi connectivity index (χ0) is 15.5. The maximum Gasteiger partial charge on any atom is 0.308 e. The maximum atomic E-state index is 12.2. The molecule has 126 valence electrons. The number of hydrogen-bond acceptors (Lipinski definition) is 4. The van der Waals surface area contributed by atoms with Crippen molar-refractivity contribution in [1.29, 1.82) is 0 Å². The molecule has 7 heteroatoms. The molecule has 2 aliphatic rings. The molecule has 0 aromatic heterocycles. The third-order valence-electron chi connectivity index (χ3n) is 4.12. The topological polar surface area (TPSA) is 76.1 Å². The quantitative estimate of drug-likeness (QED) is 0.902. The van der Waals surface area contributed by atoms with Crippen LogP contribution < -0.4 is 9.47 Å². The van der Waals surface area contributed by atoms with E-state index in [0.717, 1.165) is 17.1 Å². The number of aryl methyl sites for hydroxylation is 1. The summed E-state index contributed by atoms with van der Waals surface area (Å²) in [6.45, 7) is 1.97. The summed E-state index contributed by atoms with van der Waals surface area (Å²) in [5.74, 6) is 0.243. The lowest BCUT2D eigenvalue weighted by molar-refractivity contribution is -0.141. The second-order valence-electron chi connectivity index (χ2n) is 5.64. The number of aliphatic carboxylic acids is 1. The Morgan fingerprint density at radius 1 is 1.22 bits per heavy atom. The van der Waals surface area contributed by atoms with Crippen LogP contribution in [0.3, 0.4) is 0 Å². The highest BCUT2D eigenvalue weighted by molar-refractivity contribution is 5.85. The van der Waals surface area contributed by atoms with Crippen LogP contribution in [0, 0.1) is 5.92 Å². The molecular weight excluding hydrogens is 322 g/mol. The molecular formula is C16H20ClNO5. The fourth-order valence-electron chi connectivity index (χ4n) is 2.84. The minimum absolute atomic E-state index is 0. The van der Waals surface area contributed by atoms with Gasteiger partial charge in [0.25, 0.3) is 0 Å². The molecule has 1 N–H and O–H groups in total. The number of halogens is 1. The molecule has 0 bridgehead atoms. The van der Waals surface area contributed by atoms with E-state index in [2.05, 4.69) is 0 Å². The van der Waals surface area contributed by atoms with Crippen molar-refractivity contribution in [2.24, 2.45) is 5.92 Å². The first-order valence-electron chi connectivity index (χ1n) is 7.52. The highest BCUT2D eigenvalue weighted by Gasteiger charge is 2.30. The van der Waals surface area contributed by atoms with Crippen molar-refractivity contribution in [1.82, 2.24) is 4.90 Å². The smallest absolute Gasteiger partial charge is 0.308 e. The van der Waals surface area contributed by atoms with Crippen LogP contribution in [0.4, 0.5) is 0 Å². The summed E-state index contributed by atoms with van der Waals surface area (Å²) in [7, 11) is 0. The van der Waals surface area contributed by atoms with Gasteiger partial charge < -0.3 is 19.5 Å². The maximum absolute atomic E-state index is 12.2. The van der Waals surface area contributed by atoms with Gasteiger partial charge in [-0.1, -0.05) is 6.07 Å². The highest BCUT2D eigenvalue weighted by atomic mass is 35.5. The van der Waals surface area contributed by atoms with Gasteiger partial charge in [0, 0.05) is 19.5 Å². The minimum atomic E-state index is -0.817. The molecule has 1 fully saturated rings. The number of carbonyl (C=O) groups excluding carboxylic acids is 1. The SMILES string of the molecule is Cl.O=C(O)C1CCN(C(=O)CCc2ccc3c(c2)OCCO3)C1. The van der Waals surface area contributed by atoms with Gasteiger partial charge >= 0.3 is 5.97 Å². The first-order chi connectivity index (χ1) is 10.6. The number of fused-ring (bicyclic) bond motifs is 1. The lowest BCUT2D eigenvalue weighted by atomic mass is 10.1. The zero-order valence-electron chi connectivity index (χ0n) is 12.7. The van der Waals surface area contributed by atoms with Gasteiger partial charge in [-0.2, -0.15) is 0 Å². The Morgan fingerprint density at radius 3 is 2.65 bits per heavy atom. The molecule has 6 nitrogen and oxygen atoms in total. The van der Waals surface area contributed by atoms with E-state index in [1.54, 1.807) is 4.90 Å². The summed E-state index contributed by atoms with van der Waals surface area (Å²) in [5, 5.41) is 8.97. The predicted molar refractivity (Wildman–Crippen MR) is 85.3 cm³/mol. The molecule has 2 heterocycles. The number of carboxylic acids is 1. The molecule has 1 aromatic rings. The Balaban J connectivity index is 0.00000192. The molecule has 1 unspecified atom stereocenters. The lowest BCUT2D eigenvalue weighted by Gasteiger charge is -2.19. The van der Waals surface area contributed by atoms with Crippen molar-refractivity contribution in [3.63, 3.8) is 0 Å². The fourth-order valence-corrected chi connectivity index (χ4v) is 2.84. The van der Waals surface area contributed by atoms with E-state index in [4.69, 9.17) is 14.6 Å². The number of hydrogen-bond donors (Lipinski definition) is 1. The van der Waals surface area contributed by atoms with Crippen LogP contribution in [0.1, 0.15) is 18.4 Å². The van der Waals surface area contributed by atoms with Gasteiger partial charge in [-0.25, -0.2) is 0 Å². The Kier molecular flexibility index (Phi) is 5.71. The number of ether oxygens (including phenoxy) is 2. The van der Waals surface area contributed by atoms with Crippen LogP contribution in [0.15, 0.2) is 18.2 Å². The van der Waals surface area contributed by atoms with Crippen molar-refractivity contribution in [3.8, 4) is 11.5 Å². The second-order valence-corrected chi connectivity index (χ2v) is 5.64. The molecule has 1 atom stereocenters. The molecule has 3 rings (SSSR count). The molecule has 0 saturated carbocycles. The summed E-state index contributed by atoms with van der Waals surface area (Å²) >= 11 is 0. The molecule has 0 aliphatic carbocycles. The average molecular weight is 342 g/mol. The van der Waals surface area contributed by atoms with Gasteiger partial charge in [0.05, 0.1) is 5.92 Å². The van der Waals surface area contributed by atoms with Crippen molar-refractivity contribution in [2.45, 2.75) is 19.3 Å². The van der Waals surface area contributed by atoms with E-state index in [0.29, 0.717) is 45.6 Å². The van der Waals surface area contributed by atoms with Crippen molar-refractivity contribution < 1.29 is 24.2 Å². The number of nitrogens with zero attached hydrogens (tertiary/aromatic N) is 1. The van der Waals surface area contributed by atoms with Crippen LogP contribution in [0.5, 0.6) is 11.5 Å². The van der Waals surface area contributed by atoms with Crippen molar-refractivity contribution >= 4 is 24.3 Å². The number of carboxylic acid groups (broad SMARTS) is 1. The summed E-state index contributed by atoms with van der Waals surface area (Å²) in [6, 6.07) is 5.71. The van der Waals surface area contributed by atoms with Crippen LogP contribution in [0.2, 0.25) is 0 Å². The average Bonchev–Trinajstić information content (AvgIpc) is 3.03. The number of benzene rings is 1. The number of likely N-dealkylation sites (tertiary alicyclic amines) is 1. The first kappa shape index (κ1) is 17.4. The Hall–Kier alpha value is -1.95. The van der Waals surface area contributed by atoms with Gasteiger partial charge in [-0.15, -0.1) is 12.4 Å². The summed E-state index contributed by atoms with van der Waals surface area (Å²) < 4.78 is 11.0. The molecule has 1 saturated heterocycles. The van der Waals surface area contributed by atoms with Gasteiger partial charge in [-0.05, 0) is 30.5 Å². The van der Waals surface area contributed by atoms with Gasteiger partial charge in [0.1, 0.15) is 13.2 Å². The summed E-state index contributed by atoms with van der Waals surface area (Å²) in [5.41, 5.74) is 1.02. The molecule has 0 spiro atoms. The number of rotatable bonds is 4. The molecule has 23 heavy (non-hydrogen) atoms. The summed E-state index contributed by atoms with van der Waals surface area (Å²) in [6.07, 6.45) is 1.54. The predicted octanol–water partition coefficient (Wildman–Crippen LogP) is 1.75. The second kappa shape index (κ2) is 7.55. The van der Waals surface area contributed by atoms with Crippen LogP contribution >= 0.6 is 12.4 Å². The van der Waals surface area contributed by atoms with Crippen LogP contribution in [-0.2, 0) is 16.0 Å². The van der Waals surface area contributed by atoms with E-state index in [1.165, 1.54) is 0 Å². The lowest BCUT2D eigenvalue weighted by Crippen LogP contribution is -2.30. The third-order valence-corrected chi connectivity index (χ3v) is 4.12. The highest BCUT2D eigenvalue weighted by Crippen LogP contribution is 2.31. The fraction of sp³-hybridized carbons (Fsp3) is 0.500. The van der Waals surface area contributed by atoms with E-state index in [-0.39, 0.29) is 18.3 Å². The van der Waals surface area contributed by atoms with E-state index in [1.807, 2.05) is 18.2 Å². The third kappa shape index (κ3) is 4.07. The normalized spacial score (nSPS) is 19.1. The Bertz CT molecular complexity index is 592. The van der Waals surface area contributed by atoms with Crippen molar-refractivity contribution in [3.05, 3.63) is 23.8 Å². The van der Waals surface area contributed by atoms with Crippen LogP contribution in [-0.4, -0.2) is 48.2 Å². The van der Waals surface area contributed by atoms with Crippen molar-refractivity contribution in [2.75, 3.05) is 26.3 Å². The van der Waals surface area contributed by atoms with Gasteiger partial charge in [-0.3, -0.25) is 9.59 Å². The number of amides is 1. The molecule has 2 aliphatic heterocycles. The summed E-state index contributed by atoms with van der Waals surface area (Å²) in [4.78, 5) is 24.7. The standard InChI is InChI=1S/C16H19NO5.ClH/c18-15(17-6-5-12(10-17)16(19)20)4-2-11-1-3-13-14(9-11)22-8-7-21-13;/h1,3,9,12H,2,4-8,10H2,(H,19,20);1H. The van der Waals surface area contributed by atoms with E-state index in [9.17, 15) is 9.59 Å². The monoisotopic (exact) mass is 341 g/mol. The Morgan fingerprint density at radius 2 is 1.96 bits per heavy atom. The van der Waals surface area contributed by atoms with Gasteiger partial charge in [0.15, 0.2) is 11.5 Å². The molecule has 0 radical (unpaired) electrons. The molecule has 1 aromatic carbocycles.